The van der Waals surface area contributed by atoms with Crippen molar-refractivity contribution in [3.63, 3.8) is 0 Å². The number of aromatic nitrogens is 1. The molecule has 3 rings (SSSR count). The fourth-order valence-corrected chi connectivity index (χ4v) is 4.09. The van der Waals surface area contributed by atoms with Gasteiger partial charge in [0.15, 0.2) is 5.82 Å². The van der Waals surface area contributed by atoms with E-state index in [-0.39, 0.29) is 22.8 Å². The lowest BCUT2D eigenvalue weighted by atomic mass is 10.1. The fourth-order valence-electron chi connectivity index (χ4n) is 3.10. The number of carbonyl (C=O) groups is 1. The maximum absolute atomic E-state index is 12.3. The number of anilines is 2. The molecular weight excluding hydrogens is 368 g/mol. The molecule has 0 unspecified atom stereocenters. The molecule has 1 aromatic heterocycles. The van der Waals surface area contributed by atoms with Crippen molar-refractivity contribution in [2.24, 2.45) is 0 Å². The van der Waals surface area contributed by atoms with Gasteiger partial charge in [-0.3, -0.25) is 4.72 Å². The Hall–Kier alpha value is -2.55. The van der Waals surface area contributed by atoms with Gasteiger partial charge in [-0.15, -0.1) is 0 Å². The van der Waals surface area contributed by atoms with Gasteiger partial charge in [0.05, 0.1) is 4.90 Å². The van der Waals surface area contributed by atoms with Crippen LogP contribution in [0.3, 0.4) is 0 Å². The van der Waals surface area contributed by atoms with Crippen molar-refractivity contribution in [2.75, 3.05) is 10.0 Å². The minimum atomic E-state index is -3.77. The van der Waals surface area contributed by atoms with Crippen molar-refractivity contribution in [1.29, 1.82) is 0 Å². The van der Waals surface area contributed by atoms with Crippen LogP contribution in [-0.2, 0) is 10.0 Å². The molecule has 9 heteroatoms. The normalized spacial score (nSPS) is 15.7. The number of nitrogens with one attached hydrogen (secondary N) is 3. The fraction of sp³-hybridized carbons (Fsp3) is 0.444. The number of nitrogens with zero attached hydrogens (tertiary/aromatic N) is 1. The Bertz CT molecular complexity index is 869. The van der Waals surface area contributed by atoms with E-state index in [1.54, 1.807) is 19.1 Å². The Morgan fingerprint density at radius 1 is 1.11 bits per heavy atom. The van der Waals surface area contributed by atoms with Crippen LogP contribution in [-0.4, -0.2) is 25.6 Å². The first-order valence-corrected chi connectivity index (χ1v) is 10.5. The van der Waals surface area contributed by atoms with E-state index in [1.807, 2.05) is 0 Å². The highest BCUT2D eigenvalue weighted by Gasteiger charge is 2.17. The number of aryl methyl sites for hydroxylation is 1. The Morgan fingerprint density at radius 2 is 1.78 bits per heavy atom. The molecule has 1 aliphatic carbocycles. The zero-order chi connectivity index (χ0) is 19.3. The minimum absolute atomic E-state index is 0.0675. The maximum atomic E-state index is 12.3. The minimum Gasteiger partial charge on any atom is -0.360 e. The first-order valence-electron chi connectivity index (χ1n) is 9.06. The summed E-state index contributed by atoms with van der Waals surface area (Å²) in [5.74, 6) is 0.629. The predicted octanol–water partition coefficient (Wildman–Crippen LogP) is 3.63. The van der Waals surface area contributed by atoms with Crippen LogP contribution < -0.4 is 15.4 Å². The van der Waals surface area contributed by atoms with Crippen LogP contribution in [0.1, 0.15) is 44.3 Å². The molecule has 146 valence electrons. The average molecular weight is 392 g/mol. The van der Waals surface area contributed by atoms with E-state index in [1.165, 1.54) is 31.0 Å². The van der Waals surface area contributed by atoms with E-state index in [0.29, 0.717) is 11.4 Å². The van der Waals surface area contributed by atoms with Crippen molar-refractivity contribution in [2.45, 2.75) is 56.4 Å². The zero-order valence-corrected chi connectivity index (χ0v) is 16.0. The lowest BCUT2D eigenvalue weighted by Crippen LogP contribution is -2.37. The van der Waals surface area contributed by atoms with E-state index >= 15 is 0 Å². The van der Waals surface area contributed by atoms with Gasteiger partial charge in [-0.25, -0.2) is 13.2 Å². The second kappa shape index (κ2) is 8.43. The summed E-state index contributed by atoms with van der Waals surface area (Å²) in [5.41, 5.74) is 0.525. The van der Waals surface area contributed by atoms with Crippen LogP contribution in [0.5, 0.6) is 0 Å². The maximum Gasteiger partial charge on any atom is 0.319 e. The molecule has 0 radical (unpaired) electrons. The first kappa shape index (κ1) is 19.2. The van der Waals surface area contributed by atoms with Gasteiger partial charge in [-0.2, -0.15) is 0 Å². The largest absolute Gasteiger partial charge is 0.360 e. The Morgan fingerprint density at radius 3 is 2.37 bits per heavy atom. The second-order valence-electron chi connectivity index (χ2n) is 6.74. The highest BCUT2D eigenvalue weighted by Crippen LogP contribution is 2.19. The standard InChI is InChI=1S/C18H24N4O4S/c1-13-12-17(21-26-13)22-27(24,25)16-10-8-15(9-11-16)20-18(23)19-14-6-4-2-3-5-7-14/h8-12,14H,2-7H2,1H3,(H,21,22)(H2,19,20,23). The number of hydrogen-bond donors (Lipinski definition) is 3. The van der Waals surface area contributed by atoms with Gasteiger partial charge in [-0.05, 0) is 44.0 Å². The summed E-state index contributed by atoms with van der Waals surface area (Å²) in [6, 6.07) is 7.37. The van der Waals surface area contributed by atoms with E-state index in [9.17, 15) is 13.2 Å². The summed E-state index contributed by atoms with van der Waals surface area (Å²) in [6.45, 7) is 1.67. The van der Waals surface area contributed by atoms with E-state index in [4.69, 9.17) is 4.52 Å². The topological polar surface area (TPSA) is 113 Å². The molecule has 1 aromatic carbocycles. The van der Waals surface area contributed by atoms with Gasteiger partial charge >= 0.3 is 6.03 Å². The van der Waals surface area contributed by atoms with Gasteiger partial charge in [0.1, 0.15) is 5.76 Å². The van der Waals surface area contributed by atoms with Crippen molar-refractivity contribution < 1.29 is 17.7 Å². The number of carbonyl (C=O) groups excluding carboxylic acids is 1. The molecule has 1 saturated carbocycles. The highest BCUT2D eigenvalue weighted by molar-refractivity contribution is 7.92. The molecule has 1 aliphatic rings. The molecule has 2 amide bonds. The van der Waals surface area contributed by atoms with Gasteiger partial charge in [0.25, 0.3) is 10.0 Å². The summed E-state index contributed by atoms with van der Waals surface area (Å²) in [7, 11) is -3.77. The van der Waals surface area contributed by atoms with E-state index < -0.39 is 10.0 Å². The van der Waals surface area contributed by atoms with Crippen LogP contribution in [0.15, 0.2) is 39.8 Å². The Kier molecular flexibility index (Phi) is 6.00. The summed E-state index contributed by atoms with van der Waals surface area (Å²) in [5, 5.41) is 9.35. The van der Waals surface area contributed by atoms with Gasteiger partial charge in [0.2, 0.25) is 0 Å². The third-order valence-electron chi connectivity index (χ3n) is 4.48. The third-order valence-corrected chi connectivity index (χ3v) is 5.85. The average Bonchev–Trinajstić information content (AvgIpc) is 2.86. The Balaban J connectivity index is 1.58. The molecule has 0 atom stereocenters. The van der Waals surface area contributed by atoms with Crippen molar-refractivity contribution in [1.82, 2.24) is 10.5 Å². The Labute approximate surface area is 158 Å². The molecule has 1 fully saturated rings. The predicted molar refractivity (Wildman–Crippen MR) is 102 cm³/mol. The summed E-state index contributed by atoms with van der Waals surface area (Å²) in [4.78, 5) is 12.2. The van der Waals surface area contributed by atoms with E-state index in [2.05, 4.69) is 20.5 Å². The molecule has 2 aromatic rings. The van der Waals surface area contributed by atoms with Gasteiger partial charge < -0.3 is 15.2 Å². The van der Waals surface area contributed by atoms with Crippen LogP contribution in [0.4, 0.5) is 16.3 Å². The summed E-state index contributed by atoms with van der Waals surface area (Å²) >= 11 is 0. The van der Waals surface area contributed by atoms with Crippen LogP contribution >= 0.6 is 0 Å². The molecule has 0 aliphatic heterocycles. The van der Waals surface area contributed by atoms with E-state index in [0.717, 1.165) is 25.7 Å². The SMILES string of the molecule is Cc1cc(NS(=O)(=O)c2ccc(NC(=O)NC3CCCCCC3)cc2)no1. The quantitative estimate of drug-likeness (QED) is 0.673. The molecule has 0 bridgehead atoms. The number of sulfonamides is 1. The lowest BCUT2D eigenvalue weighted by Gasteiger charge is -2.16. The van der Waals surface area contributed by atoms with Crippen molar-refractivity contribution >= 4 is 27.6 Å². The van der Waals surface area contributed by atoms with Crippen LogP contribution in [0.2, 0.25) is 0 Å². The lowest BCUT2D eigenvalue weighted by molar-refractivity contribution is 0.247. The molecule has 0 spiro atoms. The van der Waals surface area contributed by atoms with Crippen molar-refractivity contribution in [3.8, 4) is 0 Å². The molecular formula is C18H24N4O4S. The highest BCUT2D eigenvalue weighted by atomic mass is 32.2. The second-order valence-corrected chi connectivity index (χ2v) is 8.42. The molecule has 8 nitrogen and oxygen atoms in total. The smallest absolute Gasteiger partial charge is 0.319 e. The van der Waals surface area contributed by atoms with Crippen LogP contribution in [0, 0.1) is 6.92 Å². The van der Waals surface area contributed by atoms with Crippen molar-refractivity contribution in [3.05, 3.63) is 36.1 Å². The molecule has 3 N–H and O–H groups in total. The summed E-state index contributed by atoms with van der Waals surface area (Å²) in [6.07, 6.45) is 6.70. The first-order chi connectivity index (χ1) is 12.9. The van der Waals surface area contributed by atoms with Gasteiger partial charge in [0, 0.05) is 17.8 Å². The molecule has 1 heterocycles. The number of benzene rings is 1. The zero-order valence-electron chi connectivity index (χ0n) is 15.2. The number of amides is 2. The molecule has 27 heavy (non-hydrogen) atoms. The van der Waals surface area contributed by atoms with Crippen LogP contribution in [0.25, 0.3) is 0 Å². The monoisotopic (exact) mass is 392 g/mol. The number of hydrogen-bond acceptors (Lipinski definition) is 5. The molecule has 0 saturated heterocycles. The van der Waals surface area contributed by atoms with Gasteiger partial charge in [-0.1, -0.05) is 30.8 Å². The number of rotatable bonds is 5. The summed E-state index contributed by atoms with van der Waals surface area (Å²) < 4.78 is 31.9. The number of urea groups is 1. The third kappa shape index (κ3) is 5.46.